The number of hydrogen-bond acceptors (Lipinski definition) is 2. The minimum Gasteiger partial charge on any atom is -0.469 e. The Hall–Kier alpha value is -2.14. The predicted molar refractivity (Wildman–Crippen MR) is 130 cm³/mol. The van der Waals surface area contributed by atoms with Gasteiger partial charge in [0.2, 0.25) is 0 Å². The second kappa shape index (κ2) is 7.18. The summed E-state index contributed by atoms with van der Waals surface area (Å²) in [7, 11) is 1.47. The second-order valence-electron chi connectivity index (χ2n) is 10.3. The predicted octanol–water partition coefficient (Wildman–Crippen LogP) is 7.58. The van der Waals surface area contributed by atoms with Crippen molar-refractivity contribution in [2.24, 2.45) is 5.41 Å². The van der Waals surface area contributed by atoms with Crippen LogP contribution in [0.5, 0.6) is 0 Å². The van der Waals surface area contributed by atoms with Crippen LogP contribution in [0.1, 0.15) is 75.5 Å². The Morgan fingerprint density at radius 3 is 2.66 bits per heavy atom. The summed E-state index contributed by atoms with van der Waals surface area (Å²) in [5.41, 5.74) is 5.65. The van der Waals surface area contributed by atoms with E-state index >= 15 is 0 Å². The molecule has 0 aliphatic heterocycles. The van der Waals surface area contributed by atoms with Gasteiger partial charge in [-0.2, -0.15) is 0 Å². The molecule has 1 aromatic heterocycles. The topological polar surface area (TPSA) is 42.1 Å². The Bertz CT molecular complexity index is 1260. The van der Waals surface area contributed by atoms with Gasteiger partial charge >= 0.3 is 5.97 Å². The summed E-state index contributed by atoms with van der Waals surface area (Å²) in [6.45, 7) is 8.69. The van der Waals surface area contributed by atoms with Crippen molar-refractivity contribution in [2.75, 3.05) is 7.11 Å². The van der Waals surface area contributed by atoms with Crippen LogP contribution in [0.15, 0.2) is 34.8 Å². The van der Waals surface area contributed by atoms with Gasteiger partial charge in [0, 0.05) is 32.3 Å². The van der Waals surface area contributed by atoms with Gasteiger partial charge in [0.25, 0.3) is 0 Å². The SMILES string of the molecule is COC(=O)C1(C)CCC[C@]2(C)c3cc(Br)c(C(C)C)cc3-c3[nH]c4ccc(F)cc4c3C12. The molecule has 0 radical (unpaired) electrons. The van der Waals surface area contributed by atoms with E-state index in [-0.39, 0.29) is 23.1 Å². The molecule has 1 saturated carbocycles. The maximum atomic E-state index is 14.4. The molecule has 5 rings (SSSR count). The number of H-pyrrole nitrogens is 1. The Morgan fingerprint density at radius 1 is 1.22 bits per heavy atom. The number of hydrogen-bond donors (Lipinski definition) is 1. The lowest BCUT2D eigenvalue weighted by Gasteiger charge is -2.54. The first-order chi connectivity index (χ1) is 15.1. The highest BCUT2D eigenvalue weighted by Gasteiger charge is 2.58. The van der Waals surface area contributed by atoms with Gasteiger partial charge in [0.05, 0.1) is 18.2 Å². The highest BCUT2D eigenvalue weighted by Crippen LogP contribution is 2.64. The van der Waals surface area contributed by atoms with Crippen LogP contribution in [-0.4, -0.2) is 18.1 Å². The number of rotatable bonds is 2. The smallest absolute Gasteiger partial charge is 0.312 e. The summed E-state index contributed by atoms with van der Waals surface area (Å²) >= 11 is 3.82. The molecule has 0 saturated heterocycles. The maximum absolute atomic E-state index is 14.4. The zero-order chi connectivity index (χ0) is 23.0. The molecular formula is C27H29BrFNO2. The highest BCUT2D eigenvalue weighted by atomic mass is 79.9. The quantitative estimate of drug-likeness (QED) is 0.370. The normalized spacial score (nSPS) is 26.6. The number of aromatic nitrogens is 1. The van der Waals surface area contributed by atoms with Crippen molar-refractivity contribution in [3.05, 3.63) is 57.3 Å². The van der Waals surface area contributed by atoms with Gasteiger partial charge in [-0.1, -0.05) is 43.1 Å². The number of methoxy groups -OCH3 is 1. The number of fused-ring (bicyclic) bond motifs is 8. The number of benzene rings is 2. The molecule has 3 aromatic rings. The summed E-state index contributed by atoms with van der Waals surface area (Å²) in [6, 6.07) is 9.45. The van der Waals surface area contributed by atoms with Gasteiger partial charge in [-0.05, 0) is 72.7 Å². The van der Waals surface area contributed by atoms with Crippen molar-refractivity contribution in [1.82, 2.24) is 4.98 Å². The Balaban J connectivity index is 1.92. The van der Waals surface area contributed by atoms with E-state index in [1.165, 1.54) is 24.3 Å². The van der Waals surface area contributed by atoms with Crippen molar-refractivity contribution in [3.8, 4) is 11.3 Å². The standard InChI is InChI=1S/C27H29BrFNO2/c1-14(2)16-12-17-19(13-20(16)28)26(3)9-6-10-27(4,25(31)32-5)24(26)22-18-11-15(29)7-8-21(18)30-23(17)22/h7-8,11-14,24,30H,6,9-10H2,1-5H3/t24?,26-,27?/m1/s1. The minimum atomic E-state index is -0.696. The van der Waals surface area contributed by atoms with E-state index < -0.39 is 5.41 Å². The molecule has 2 unspecified atom stereocenters. The van der Waals surface area contributed by atoms with Crippen LogP contribution in [-0.2, 0) is 14.9 Å². The number of carbonyl (C=O) groups excluding carboxylic acids is 1. The fourth-order valence-electron chi connectivity index (χ4n) is 6.60. The molecule has 2 aliphatic rings. The number of ether oxygens (including phenoxy) is 1. The fourth-order valence-corrected chi connectivity index (χ4v) is 7.41. The lowest BCUT2D eigenvalue weighted by Crippen LogP contribution is -2.50. The van der Waals surface area contributed by atoms with Gasteiger partial charge in [0.15, 0.2) is 0 Å². The molecule has 1 N–H and O–H groups in total. The monoisotopic (exact) mass is 497 g/mol. The summed E-state index contributed by atoms with van der Waals surface area (Å²) in [5.74, 6) is -0.212. The first kappa shape index (κ1) is 21.7. The van der Waals surface area contributed by atoms with E-state index in [4.69, 9.17) is 4.74 Å². The molecule has 2 aliphatic carbocycles. The van der Waals surface area contributed by atoms with Crippen LogP contribution in [0, 0.1) is 11.2 Å². The maximum Gasteiger partial charge on any atom is 0.312 e. The van der Waals surface area contributed by atoms with Crippen LogP contribution >= 0.6 is 15.9 Å². The van der Waals surface area contributed by atoms with Crippen LogP contribution in [0.25, 0.3) is 22.2 Å². The molecule has 2 aromatic carbocycles. The molecule has 32 heavy (non-hydrogen) atoms. The third kappa shape index (κ3) is 2.79. The van der Waals surface area contributed by atoms with E-state index in [1.54, 1.807) is 12.1 Å². The van der Waals surface area contributed by atoms with E-state index in [1.807, 2.05) is 6.92 Å². The van der Waals surface area contributed by atoms with Gasteiger partial charge in [-0.25, -0.2) is 4.39 Å². The summed E-state index contributed by atoms with van der Waals surface area (Å²) in [6.07, 6.45) is 2.65. The van der Waals surface area contributed by atoms with Crippen LogP contribution in [0.4, 0.5) is 4.39 Å². The Kier molecular flexibility index (Phi) is 4.87. The molecule has 3 nitrogen and oxygen atoms in total. The van der Waals surface area contributed by atoms with Crippen molar-refractivity contribution >= 4 is 32.8 Å². The molecule has 1 heterocycles. The molecule has 168 valence electrons. The molecular weight excluding hydrogens is 469 g/mol. The summed E-state index contributed by atoms with van der Waals surface area (Å²) < 4.78 is 20.9. The Labute approximate surface area is 196 Å². The minimum absolute atomic E-state index is 0.119. The van der Waals surface area contributed by atoms with Gasteiger partial charge in [0.1, 0.15) is 5.82 Å². The number of esters is 1. The van der Waals surface area contributed by atoms with E-state index in [9.17, 15) is 9.18 Å². The first-order valence-electron chi connectivity index (χ1n) is 11.4. The average molecular weight is 498 g/mol. The molecule has 0 amide bonds. The number of nitrogens with one attached hydrogen (secondary N) is 1. The van der Waals surface area contributed by atoms with Crippen molar-refractivity contribution in [1.29, 1.82) is 0 Å². The zero-order valence-electron chi connectivity index (χ0n) is 19.2. The Morgan fingerprint density at radius 2 is 1.97 bits per heavy atom. The molecule has 0 spiro atoms. The van der Waals surface area contributed by atoms with Gasteiger partial charge in [-0.3, -0.25) is 4.79 Å². The summed E-state index contributed by atoms with van der Waals surface area (Å²) in [5, 5.41) is 0.868. The largest absolute Gasteiger partial charge is 0.469 e. The molecule has 5 heteroatoms. The van der Waals surface area contributed by atoms with E-state index in [2.05, 4.69) is 53.8 Å². The van der Waals surface area contributed by atoms with Crippen LogP contribution < -0.4 is 0 Å². The summed E-state index contributed by atoms with van der Waals surface area (Å²) in [4.78, 5) is 16.8. The fraction of sp³-hybridized carbons (Fsp3) is 0.444. The first-order valence-corrected chi connectivity index (χ1v) is 12.1. The zero-order valence-corrected chi connectivity index (χ0v) is 20.8. The van der Waals surface area contributed by atoms with E-state index in [0.29, 0.717) is 5.92 Å². The van der Waals surface area contributed by atoms with Gasteiger partial charge in [-0.15, -0.1) is 0 Å². The van der Waals surface area contributed by atoms with Crippen LogP contribution in [0.2, 0.25) is 0 Å². The lowest BCUT2D eigenvalue weighted by atomic mass is 9.49. The van der Waals surface area contributed by atoms with Crippen LogP contribution in [0.3, 0.4) is 0 Å². The number of aromatic amines is 1. The lowest BCUT2D eigenvalue weighted by molar-refractivity contribution is -0.157. The number of carbonyl (C=O) groups is 1. The van der Waals surface area contributed by atoms with Gasteiger partial charge < -0.3 is 9.72 Å². The molecule has 3 atom stereocenters. The third-order valence-electron chi connectivity index (χ3n) is 8.05. The number of halogens is 2. The average Bonchev–Trinajstić information content (AvgIpc) is 3.10. The molecule has 1 fully saturated rings. The second-order valence-corrected chi connectivity index (χ2v) is 11.1. The highest BCUT2D eigenvalue weighted by molar-refractivity contribution is 9.10. The van der Waals surface area contributed by atoms with Crippen molar-refractivity contribution in [3.63, 3.8) is 0 Å². The van der Waals surface area contributed by atoms with E-state index in [0.717, 1.165) is 51.5 Å². The third-order valence-corrected chi connectivity index (χ3v) is 8.74. The van der Waals surface area contributed by atoms with Crippen molar-refractivity contribution in [2.45, 2.75) is 64.2 Å². The van der Waals surface area contributed by atoms with Crippen molar-refractivity contribution < 1.29 is 13.9 Å². The molecule has 0 bridgehead atoms.